The summed E-state index contributed by atoms with van der Waals surface area (Å²) in [5.74, 6) is -215. The first-order valence-electron chi connectivity index (χ1n) is 19.0. The van der Waals surface area contributed by atoms with Gasteiger partial charge in [-0.2, -0.15) is 203 Å². The maximum absolute atomic E-state index is 14.6. The number of halogens is 45. The summed E-state index contributed by atoms with van der Waals surface area (Å²) >= 11 is 0. The lowest BCUT2D eigenvalue weighted by Gasteiger charge is -2.47. The Labute approximate surface area is 422 Å². The third-order valence-corrected chi connectivity index (χ3v) is 10.8. The molecule has 1 aromatic carbocycles. The molecule has 49 heteroatoms. The van der Waals surface area contributed by atoms with Crippen molar-refractivity contribution >= 4 is 17.7 Å². The Kier molecular flexibility index (Phi) is 18.3. The van der Waals surface area contributed by atoms with Crippen molar-refractivity contribution in [1.29, 1.82) is 0 Å². The smallest absolute Gasteiger partial charge is 0.349 e. The van der Waals surface area contributed by atoms with E-state index in [4.69, 9.17) is 0 Å². The number of rotatable bonds is 25. The summed E-state index contributed by atoms with van der Waals surface area (Å²) in [6, 6.07) is -0.906. The van der Waals surface area contributed by atoms with Gasteiger partial charge in [-0.15, -0.1) is 0 Å². The van der Waals surface area contributed by atoms with Gasteiger partial charge < -0.3 is 5.32 Å². The standard InChI is InChI=1S/C34H13F45N2O2/c1-8-3-4-10(11(5-8)80-7-82)12(83)81-9(2)6-13(35,36)14(37,38)15(39,40)16(41,42)17(43,44)18(45,46)19(47,48)20(49,50)21(51,52)22(53,54)23(55,56)24(57,58)25(59,60)26(61,62)27(63,64)28(65,66)29(67,68)30(69,70)31(71,72)32(73,74)33(75,76)34(77,78)79/h3-5,9H,6H2,1-2H3,(H,81,83). The number of aryl methyl sites for hydroxylation is 1. The minimum atomic E-state index is -10.8. The Morgan fingerprint density at radius 3 is 0.783 bits per heavy atom. The van der Waals surface area contributed by atoms with E-state index in [1.165, 1.54) is 0 Å². The van der Waals surface area contributed by atoms with E-state index in [0.29, 0.717) is 6.07 Å². The van der Waals surface area contributed by atoms with Crippen molar-refractivity contribution < 1.29 is 207 Å². The molecule has 1 rings (SSSR count). The topological polar surface area (TPSA) is 58.5 Å². The second-order valence-corrected chi connectivity index (χ2v) is 16.5. The van der Waals surface area contributed by atoms with Gasteiger partial charge in [0.1, 0.15) is 0 Å². The number of amides is 1. The summed E-state index contributed by atoms with van der Waals surface area (Å²) in [5.41, 5.74) is -1.84. The fourth-order valence-corrected chi connectivity index (χ4v) is 5.80. The van der Waals surface area contributed by atoms with Crippen LogP contribution in [0.3, 0.4) is 0 Å². The molecule has 0 aromatic heterocycles. The summed E-state index contributed by atoms with van der Waals surface area (Å²) < 4.78 is 630. The van der Waals surface area contributed by atoms with Gasteiger partial charge >= 0.3 is 131 Å². The highest BCUT2D eigenvalue weighted by Gasteiger charge is 3.04. The number of aliphatic imine (C=N–C) groups is 1. The highest BCUT2D eigenvalue weighted by atomic mass is 19.4. The molecule has 1 amide bonds. The average molecular weight is 1340 g/mol. The molecule has 1 N–H and O–H groups in total. The van der Waals surface area contributed by atoms with Crippen LogP contribution in [0.4, 0.5) is 203 Å². The van der Waals surface area contributed by atoms with Gasteiger partial charge in [0.05, 0.1) is 11.3 Å². The summed E-state index contributed by atoms with van der Waals surface area (Å²) in [6.45, 7) is 1.05. The van der Waals surface area contributed by atoms with Gasteiger partial charge in [0.2, 0.25) is 6.08 Å². The number of hydrogen-bond donors (Lipinski definition) is 1. The summed E-state index contributed by atoms with van der Waals surface area (Å²) in [7, 11) is 0. The predicted molar refractivity (Wildman–Crippen MR) is 170 cm³/mol. The van der Waals surface area contributed by atoms with E-state index in [1.807, 2.05) is 0 Å². The largest absolute Gasteiger partial charge is 0.460 e. The molecule has 1 atom stereocenters. The van der Waals surface area contributed by atoms with Gasteiger partial charge in [-0.3, -0.25) is 4.79 Å². The van der Waals surface area contributed by atoms with Crippen LogP contribution in [0.25, 0.3) is 0 Å². The van der Waals surface area contributed by atoms with Gasteiger partial charge in [0.15, 0.2) is 0 Å². The minimum absolute atomic E-state index is 0.0464. The van der Waals surface area contributed by atoms with E-state index in [0.717, 1.165) is 30.5 Å². The first-order valence-corrected chi connectivity index (χ1v) is 19.0. The number of benzene rings is 1. The molecule has 0 aliphatic rings. The van der Waals surface area contributed by atoms with Gasteiger partial charge in [-0.05, 0) is 31.5 Å². The van der Waals surface area contributed by atoms with E-state index in [-0.39, 0.29) is 12.5 Å². The number of carbonyl (C=O) groups excluding carboxylic acids is 2. The first-order chi connectivity index (χ1) is 35.5. The quantitative estimate of drug-likeness (QED) is 0.0603. The third kappa shape index (κ3) is 9.52. The average Bonchev–Trinajstić information content (AvgIpc) is 3.26. The summed E-state index contributed by atoms with van der Waals surface area (Å²) in [5, 5.41) is 1.08. The highest BCUT2D eigenvalue weighted by molar-refractivity contribution is 5.99. The molecule has 0 bridgehead atoms. The fraction of sp³-hybridized carbons (Fsp3) is 0.765. The second-order valence-electron chi connectivity index (χ2n) is 16.5. The van der Waals surface area contributed by atoms with E-state index < -0.39 is 160 Å². The number of isocyanates is 1. The molecule has 0 saturated heterocycles. The minimum Gasteiger partial charge on any atom is -0.349 e. The monoisotopic (exact) mass is 1340 g/mol. The van der Waals surface area contributed by atoms with Crippen molar-refractivity contribution in [2.75, 3.05) is 0 Å². The Balaban J connectivity index is 4.08. The fourth-order valence-electron chi connectivity index (χ4n) is 5.80. The molecule has 1 aromatic rings. The highest BCUT2D eigenvalue weighted by Crippen LogP contribution is 2.72. The van der Waals surface area contributed by atoms with Crippen LogP contribution in [0.15, 0.2) is 23.2 Å². The molecular weight excluding hydrogens is 1320 g/mol. The number of carbonyl (C=O) groups is 1. The molecule has 0 aliphatic heterocycles. The molecule has 0 aliphatic carbocycles. The number of nitrogens with one attached hydrogen (secondary N) is 1. The van der Waals surface area contributed by atoms with Gasteiger partial charge in [0.25, 0.3) is 5.91 Å². The van der Waals surface area contributed by atoms with Gasteiger partial charge in [0, 0.05) is 12.5 Å². The molecular formula is C34H13F45N2O2. The Bertz CT molecular complexity index is 2600. The zero-order chi connectivity index (χ0) is 67.8. The molecule has 83 heavy (non-hydrogen) atoms. The van der Waals surface area contributed by atoms with Crippen LogP contribution in [0, 0.1) is 6.92 Å². The second kappa shape index (κ2) is 20.0. The molecule has 0 spiro atoms. The van der Waals surface area contributed by atoms with E-state index in [1.54, 1.807) is 0 Å². The van der Waals surface area contributed by atoms with Crippen molar-refractivity contribution in [1.82, 2.24) is 5.32 Å². The van der Waals surface area contributed by atoms with Crippen molar-refractivity contribution in [3.8, 4) is 0 Å². The molecule has 4 nitrogen and oxygen atoms in total. The zero-order valence-electron chi connectivity index (χ0n) is 37.3. The molecule has 0 radical (unpaired) electrons. The summed E-state index contributed by atoms with van der Waals surface area (Å²) in [4.78, 5) is 25.8. The number of hydrogen-bond acceptors (Lipinski definition) is 3. The lowest BCUT2D eigenvalue weighted by Crippen LogP contribution is -2.81. The van der Waals surface area contributed by atoms with E-state index in [2.05, 4.69) is 4.99 Å². The third-order valence-electron chi connectivity index (χ3n) is 10.8. The van der Waals surface area contributed by atoms with Crippen molar-refractivity contribution in [3.63, 3.8) is 0 Å². The van der Waals surface area contributed by atoms with Crippen molar-refractivity contribution in [3.05, 3.63) is 29.3 Å². The lowest BCUT2D eigenvalue weighted by atomic mass is 9.81. The number of nitrogens with zero attached hydrogens (tertiary/aromatic N) is 1. The SMILES string of the molecule is Cc1ccc(C(=O)NC(C)CC(F)(F)C(F)(F)C(F)(F)C(F)(F)C(F)(F)C(F)(F)C(F)(F)C(F)(F)C(F)(F)C(F)(F)C(F)(F)C(F)(F)C(F)(F)C(F)(F)C(F)(F)C(F)(F)C(F)(F)C(F)(F)C(F)(F)C(F)(F)C(F)(F)C(F)(F)F)c(N=C=O)c1. The van der Waals surface area contributed by atoms with Gasteiger partial charge in [-0.25, -0.2) is 4.79 Å². The van der Waals surface area contributed by atoms with Crippen molar-refractivity contribution in [2.24, 2.45) is 4.99 Å². The van der Waals surface area contributed by atoms with Crippen LogP contribution in [-0.4, -0.2) is 149 Å². The predicted octanol–water partition coefficient (Wildman–Crippen LogP) is 16.4. The normalized spacial score (nSPS) is 16.7. The molecule has 1 unspecified atom stereocenters. The van der Waals surface area contributed by atoms with Crippen LogP contribution < -0.4 is 5.32 Å². The van der Waals surface area contributed by atoms with Crippen molar-refractivity contribution in [2.45, 2.75) is 157 Å². The molecule has 0 heterocycles. The van der Waals surface area contributed by atoms with Gasteiger partial charge in [-0.1, -0.05) is 6.07 Å². The molecule has 486 valence electrons. The lowest BCUT2D eigenvalue weighted by molar-refractivity contribution is -0.497. The maximum atomic E-state index is 14.6. The zero-order valence-corrected chi connectivity index (χ0v) is 37.3. The maximum Gasteiger partial charge on any atom is 0.460 e. The van der Waals surface area contributed by atoms with Crippen LogP contribution in [0.5, 0.6) is 0 Å². The first kappa shape index (κ1) is 75.9. The molecule has 0 fully saturated rings. The van der Waals surface area contributed by atoms with Crippen LogP contribution in [0.2, 0.25) is 0 Å². The Morgan fingerprint density at radius 1 is 0.373 bits per heavy atom. The molecule has 0 saturated carbocycles. The number of alkyl halides is 45. The van der Waals surface area contributed by atoms with Crippen LogP contribution in [-0.2, 0) is 4.79 Å². The summed E-state index contributed by atoms with van der Waals surface area (Å²) in [6.07, 6.45) is -11.3. The van der Waals surface area contributed by atoms with E-state index in [9.17, 15) is 207 Å². The Morgan fingerprint density at radius 2 is 0.578 bits per heavy atom. The van der Waals surface area contributed by atoms with Crippen LogP contribution >= 0.6 is 0 Å². The van der Waals surface area contributed by atoms with Crippen LogP contribution in [0.1, 0.15) is 29.3 Å². The van der Waals surface area contributed by atoms with E-state index >= 15 is 0 Å². The Hall–Kier alpha value is -5.08.